The first-order chi connectivity index (χ1) is 10.1. The lowest BCUT2D eigenvalue weighted by Crippen LogP contribution is -2.36. The molecule has 0 bridgehead atoms. The van der Waals surface area contributed by atoms with Gasteiger partial charge in [-0.1, -0.05) is 40.9 Å². The standard InChI is InChI=1S/C15H12Cl3N3/c16-10-2-4-11(5-3-10)21-14(8-20-15(21)19)9-1-6-12(17)13(18)7-9/h1-7,14H,8H2,(H2,19,20). The van der Waals surface area contributed by atoms with Crippen molar-refractivity contribution in [1.82, 2.24) is 0 Å². The largest absolute Gasteiger partial charge is 0.369 e. The van der Waals surface area contributed by atoms with Crippen molar-refractivity contribution in [1.29, 1.82) is 0 Å². The van der Waals surface area contributed by atoms with Crippen molar-refractivity contribution in [2.24, 2.45) is 10.7 Å². The smallest absolute Gasteiger partial charge is 0.196 e. The van der Waals surface area contributed by atoms with E-state index >= 15 is 0 Å². The third-order valence-corrected chi connectivity index (χ3v) is 4.41. The summed E-state index contributed by atoms with van der Waals surface area (Å²) in [4.78, 5) is 6.31. The predicted octanol–water partition coefficient (Wildman–Crippen LogP) is 4.52. The third kappa shape index (κ3) is 2.82. The first kappa shape index (κ1) is 14.5. The summed E-state index contributed by atoms with van der Waals surface area (Å²) in [5.41, 5.74) is 7.98. The molecule has 1 unspecified atom stereocenters. The van der Waals surface area contributed by atoms with Crippen LogP contribution in [0, 0.1) is 0 Å². The van der Waals surface area contributed by atoms with Gasteiger partial charge in [-0.25, -0.2) is 0 Å². The van der Waals surface area contributed by atoms with E-state index in [1.54, 1.807) is 6.07 Å². The molecule has 0 aromatic heterocycles. The SMILES string of the molecule is NC1=NCC(c2ccc(Cl)c(Cl)c2)N1c1ccc(Cl)cc1. The number of nitrogens with zero attached hydrogens (tertiary/aromatic N) is 2. The molecule has 108 valence electrons. The van der Waals surface area contributed by atoms with Gasteiger partial charge in [0.05, 0.1) is 22.6 Å². The number of rotatable bonds is 2. The minimum atomic E-state index is 0.000872. The lowest BCUT2D eigenvalue weighted by molar-refractivity contribution is 0.769. The zero-order chi connectivity index (χ0) is 15.0. The Morgan fingerprint density at radius 2 is 1.71 bits per heavy atom. The summed E-state index contributed by atoms with van der Waals surface area (Å²) in [6, 6.07) is 13.1. The van der Waals surface area contributed by atoms with E-state index < -0.39 is 0 Å². The minimum Gasteiger partial charge on any atom is -0.369 e. The van der Waals surface area contributed by atoms with Gasteiger partial charge >= 0.3 is 0 Å². The number of aliphatic imine (C=N–C) groups is 1. The molecular formula is C15H12Cl3N3. The molecule has 2 N–H and O–H groups in total. The molecule has 0 amide bonds. The molecule has 0 aliphatic carbocycles. The lowest BCUT2D eigenvalue weighted by Gasteiger charge is -2.27. The first-order valence-electron chi connectivity index (χ1n) is 6.36. The average Bonchev–Trinajstić information content (AvgIpc) is 2.85. The second-order valence-electron chi connectivity index (χ2n) is 4.73. The number of hydrogen-bond donors (Lipinski definition) is 1. The van der Waals surface area contributed by atoms with Gasteiger partial charge in [-0.3, -0.25) is 4.99 Å². The van der Waals surface area contributed by atoms with E-state index in [2.05, 4.69) is 4.99 Å². The summed E-state index contributed by atoms with van der Waals surface area (Å²) in [6.07, 6.45) is 0. The fourth-order valence-corrected chi connectivity index (χ4v) is 2.82. The molecule has 0 radical (unpaired) electrons. The van der Waals surface area contributed by atoms with Crippen molar-refractivity contribution in [3.63, 3.8) is 0 Å². The van der Waals surface area contributed by atoms with Gasteiger partial charge in [0.15, 0.2) is 5.96 Å². The molecule has 3 nitrogen and oxygen atoms in total. The van der Waals surface area contributed by atoms with Crippen LogP contribution in [0.4, 0.5) is 5.69 Å². The highest BCUT2D eigenvalue weighted by molar-refractivity contribution is 6.42. The number of guanidine groups is 1. The maximum absolute atomic E-state index is 6.11. The number of halogens is 3. The highest BCUT2D eigenvalue weighted by Crippen LogP contribution is 2.34. The molecule has 0 saturated carbocycles. The molecule has 21 heavy (non-hydrogen) atoms. The number of benzene rings is 2. The van der Waals surface area contributed by atoms with E-state index in [1.807, 2.05) is 41.3 Å². The van der Waals surface area contributed by atoms with Crippen LogP contribution in [0.25, 0.3) is 0 Å². The average molecular weight is 341 g/mol. The second kappa shape index (κ2) is 5.76. The van der Waals surface area contributed by atoms with Gasteiger partial charge < -0.3 is 10.6 Å². The summed E-state index contributed by atoms with van der Waals surface area (Å²) in [7, 11) is 0. The van der Waals surface area contributed by atoms with Crippen LogP contribution < -0.4 is 10.6 Å². The Balaban J connectivity index is 1.98. The Kier molecular flexibility index (Phi) is 3.98. The Bertz CT molecular complexity index is 698. The zero-order valence-corrected chi connectivity index (χ0v) is 13.2. The fraction of sp³-hybridized carbons (Fsp3) is 0.133. The zero-order valence-electron chi connectivity index (χ0n) is 10.9. The highest BCUT2D eigenvalue weighted by atomic mass is 35.5. The molecule has 0 fully saturated rings. The maximum atomic E-state index is 6.11. The summed E-state index contributed by atoms with van der Waals surface area (Å²) < 4.78 is 0. The van der Waals surface area contributed by atoms with Crippen LogP contribution in [0.5, 0.6) is 0 Å². The van der Waals surface area contributed by atoms with Crippen LogP contribution in [0.3, 0.4) is 0 Å². The van der Waals surface area contributed by atoms with Gasteiger partial charge in [0.2, 0.25) is 0 Å². The van der Waals surface area contributed by atoms with E-state index in [9.17, 15) is 0 Å². The van der Waals surface area contributed by atoms with E-state index in [4.69, 9.17) is 40.5 Å². The predicted molar refractivity (Wildman–Crippen MR) is 89.6 cm³/mol. The number of nitrogens with two attached hydrogens (primary N) is 1. The second-order valence-corrected chi connectivity index (χ2v) is 5.99. The molecule has 0 spiro atoms. The summed E-state index contributed by atoms with van der Waals surface area (Å²) in [6.45, 7) is 0.576. The minimum absolute atomic E-state index is 0.000872. The molecule has 2 aromatic rings. The van der Waals surface area contributed by atoms with Crippen molar-refractivity contribution in [2.45, 2.75) is 6.04 Å². The molecule has 0 saturated heterocycles. The third-order valence-electron chi connectivity index (χ3n) is 3.42. The molecule has 3 rings (SSSR count). The van der Waals surface area contributed by atoms with E-state index in [0.717, 1.165) is 11.3 Å². The van der Waals surface area contributed by atoms with Crippen LogP contribution in [0.1, 0.15) is 11.6 Å². The van der Waals surface area contributed by atoms with Crippen molar-refractivity contribution in [2.75, 3.05) is 11.4 Å². The lowest BCUT2D eigenvalue weighted by atomic mass is 10.1. The van der Waals surface area contributed by atoms with Gasteiger partial charge in [-0.05, 0) is 42.0 Å². The molecular weight excluding hydrogens is 329 g/mol. The van der Waals surface area contributed by atoms with Gasteiger partial charge in [0.1, 0.15) is 0 Å². The quantitative estimate of drug-likeness (QED) is 0.873. The molecule has 2 aromatic carbocycles. The van der Waals surface area contributed by atoms with Crippen molar-refractivity contribution < 1.29 is 0 Å². The Labute approximate surface area is 137 Å². The molecule has 1 aliphatic heterocycles. The molecule has 6 heteroatoms. The Hall–Kier alpha value is -1.42. The van der Waals surface area contributed by atoms with Crippen molar-refractivity contribution in [3.8, 4) is 0 Å². The van der Waals surface area contributed by atoms with E-state index in [0.29, 0.717) is 27.6 Å². The molecule has 1 atom stereocenters. The summed E-state index contributed by atoms with van der Waals surface area (Å²) in [5.74, 6) is 0.480. The normalized spacial score (nSPS) is 18.0. The van der Waals surface area contributed by atoms with Gasteiger partial charge in [-0.2, -0.15) is 0 Å². The van der Waals surface area contributed by atoms with Gasteiger partial charge in [0.25, 0.3) is 0 Å². The highest BCUT2D eigenvalue weighted by Gasteiger charge is 2.29. The van der Waals surface area contributed by atoms with E-state index in [-0.39, 0.29) is 6.04 Å². The number of hydrogen-bond acceptors (Lipinski definition) is 3. The van der Waals surface area contributed by atoms with Crippen molar-refractivity contribution in [3.05, 3.63) is 63.1 Å². The fourth-order valence-electron chi connectivity index (χ4n) is 2.39. The van der Waals surface area contributed by atoms with Crippen LogP contribution in [-0.4, -0.2) is 12.5 Å². The van der Waals surface area contributed by atoms with Crippen LogP contribution >= 0.6 is 34.8 Å². The van der Waals surface area contributed by atoms with Crippen LogP contribution in [0.15, 0.2) is 47.5 Å². The maximum Gasteiger partial charge on any atom is 0.196 e. The topological polar surface area (TPSA) is 41.6 Å². The first-order valence-corrected chi connectivity index (χ1v) is 7.49. The Morgan fingerprint density at radius 1 is 1.00 bits per heavy atom. The Morgan fingerprint density at radius 3 is 2.38 bits per heavy atom. The monoisotopic (exact) mass is 339 g/mol. The molecule has 1 aliphatic rings. The van der Waals surface area contributed by atoms with Crippen molar-refractivity contribution >= 4 is 46.4 Å². The van der Waals surface area contributed by atoms with Crippen LogP contribution in [-0.2, 0) is 0 Å². The summed E-state index contributed by atoms with van der Waals surface area (Å²) >= 11 is 18.0. The molecule has 1 heterocycles. The van der Waals surface area contributed by atoms with Gasteiger partial charge in [-0.15, -0.1) is 0 Å². The van der Waals surface area contributed by atoms with Crippen LogP contribution in [0.2, 0.25) is 15.1 Å². The van der Waals surface area contributed by atoms with Gasteiger partial charge in [0, 0.05) is 10.7 Å². The van der Waals surface area contributed by atoms with E-state index in [1.165, 1.54) is 0 Å². The summed E-state index contributed by atoms with van der Waals surface area (Å²) in [5, 5.41) is 1.74. The number of anilines is 1.